The summed E-state index contributed by atoms with van der Waals surface area (Å²) in [7, 11) is 0. The molecule has 2 aliphatic rings. The Balaban J connectivity index is 1.26. The van der Waals surface area contributed by atoms with E-state index < -0.39 is 5.97 Å². The number of nitrogens with one attached hydrogen (secondary N) is 2. The maximum Gasteiger partial charge on any atom is 0.335 e. The highest BCUT2D eigenvalue weighted by atomic mass is 16.4. The van der Waals surface area contributed by atoms with Crippen LogP contribution in [0.25, 0.3) is 5.65 Å². The Morgan fingerprint density at radius 3 is 2.54 bits per heavy atom. The lowest BCUT2D eigenvalue weighted by atomic mass is 9.98. The number of carboxylic acids is 1. The molecule has 9 nitrogen and oxygen atoms in total. The van der Waals surface area contributed by atoms with Crippen LogP contribution in [0.2, 0.25) is 0 Å². The van der Waals surface area contributed by atoms with Crippen LogP contribution in [0.1, 0.15) is 84.1 Å². The van der Waals surface area contributed by atoms with Crippen molar-refractivity contribution in [1.29, 1.82) is 0 Å². The van der Waals surface area contributed by atoms with E-state index in [0.29, 0.717) is 18.5 Å². The molecule has 2 aliphatic carbocycles. The van der Waals surface area contributed by atoms with E-state index in [4.69, 9.17) is 0 Å². The topological polar surface area (TPSA) is 126 Å². The van der Waals surface area contributed by atoms with Gasteiger partial charge in [-0.25, -0.2) is 14.3 Å². The van der Waals surface area contributed by atoms with Crippen molar-refractivity contribution in [3.63, 3.8) is 0 Å². The van der Waals surface area contributed by atoms with Gasteiger partial charge in [0.2, 0.25) is 0 Å². The van der Waals surface area contributed by atoms with Gasteiger partial charge < -0.3 is 15.7 Å². The molecule has 0 radical (unpaired) electrons. The summed E-state index contributed by atoms with van der Waals surface area (Å²) in [5.74, 6) is -1.69. The summed E-state index contributed by atoms with van der Waals surface area (Å²) < 4.78 is 1.42. The minimum absolute atomic E-state index is 0.0992. The maximum atomic E-state index is 13.4. The Bertz CT molecular complexity index is 1590. The lowest BCUT2D eigenvalue weighted by Crippen LogP contribution is -2.31. The van der Waals surface area contributed by atoms with Crippen LogP contribution in [0, 0.1) is 6.92 Å². The van der Waals surface area contributed by atoms with Crippen molar-refractivity contribution in [2.24, 2.45) is 0 Å². The molecule has 2 amide bonds. The third-order valence-corrected chi connectivity index (χ3v) is 7.49. The molecule has 0 saturated heterocycles. The van der Waals surface area contributed by atoms with E-state index in [1.807, 2.05) is 18.2 Å². The number of aromatic carboxylic acids is 1. The van der Waals surface area contributed by atoms with Crippen LogP contribution in [0.15, 0.2) is 54.7 Å². The van der Waals surface area contributed by atoms with E-state index in [1.54, 1.807) is 25.1 Å². The molecule has 0 aliphatic heterocycles. The number of carbonyl (C=O) groups excluding carboxylic acids is 2. The van der Waals surface area contributed by atoms with Crippen molar-refractivity contribution in [2.75, 3.05) is 0 Å². The van der Waals surface area contributed by atoms with Gasteiger partial charge in [-0.2, -0.15) is 5.10 Å². The molecule has 0 bridgehead atoms. The second-order valence-electron chi connectivity index (χ2n) is 9.57. The smallest absolute Gasteiger partial charge is 0.335 e. The minimum Gasteiger partial charge on any atom is -0.478 e. The van der Waals surface area contributed by atoms with Crippen LogP contribution in [-0.2, 0) is 12.8 Å². The zero-order valence-electron chi connectivity index (χ0n) is 20.2. The van der Waals surface area contributed by atoms with Crippen LogP contribution in [0.3, 0.4) is 0 Å². The molecule has 186 valence electrons. The van der Waals surface area contributed by atoms with Crippen LogP contribution in [0.4, 0.5) is 0 Å². The number of carboxylic acid groups (broad SMARTS) is 1. The van der Waals surface area contributed by atoms with Crippen molar-refractivity contribution < 1.29 is 19.5 Å². The first-order chi connectivity index (χ1) is 17.9. The van der Waals surface area contributed by atoms with Crippen LogP contribution in [-0.4, -0.2) is 37.5 Å². The van der Waals surface area contributed by atoms with Gasteiger partial charge in [0, 0.05) is 12.1 Å². The number of rotatable bonds is 5. The van der Waals surface area contributed by atoms with Gasteiger partial charge in [-0.15, -0.1) is 0 Å². The van der Waals surface area contributed by atoms with Gasteiger partial charge >= 0.3 is 5.97 Å². The Morgan fingerprint density at radius 1 is 0.946 bits per heavy atom. The molecule has 4 aromatic rings. The summed E-state index contributed by atoms with van der Waals surface area (Å²) in [6, 6.07) is 14.2. The molecule has 37 heavy (non-hydrogen) atoms. The van der Waals surface area contributed by atoms with Crippen LogP contribution >= 0.6 is 0 Å². The van der Waals surface area contributed by atoms with Gasteiger partial charge in [0.1, 0.15) is 11.4 Å². The molecule has 9 heteroatoms. The van der Waals surface area contributed by atoms with Gasteiger partial charge in [0.15, 0.2) is 5.65 Å². The van der Waals surface area contributed by atoms with E-state index >= 15 is 0 Å². The van der Waals surface area contributed by atoms with Gasteiger partial charge in [0.25, 0.3) is 11.8 Å². The van der Waals surface area contributed by atoms with Gasteiger partial charge in [-0.1, -0.05) is 30.3 Å². The highest BCUT2D eigenvalue weighted by Gasteiger charge is 2.29. The lowest BCUT2D eigenvalue weighted by molar-refractivity contribution is 0.0695. The maximum absolute atomic E-state index is 13.4. The summed E-state index contributed by atoms with van der Waals surface area (Å²) >= 11 is 0. The fourth-order valence-corrected chi connectivity index (χ4v) is 5.62. The molecular weight excluding hydrogens is 470 g/mol. The summed E-state index contributed by atoms with van der Waals surface area (Å²) in [6.07, 6.45) is 4.59. The monoisotopic (exact) mass is 495 g/mol. The Morgan fingerprint density at radius 2 is 1.70 bits per heavy atom. The molecular formula is C28H25N5O4. The quantitative estimate of drug-likeness (QED) is 0.389. The average molecular weight is 496 g/mol. The first-order valence-corrected chi connectivity index (χ1v) is 12.3. The van der Waals surface area contributed by atoms with Crippen molar-refractivity contribution in [3.8, 4) is 0 Å². The predicted octanol–water partition coefficient (Wildman–Crippen LogP) is 3.57. The molecule has 2 aromatic carbocycles. The van der Waals surface area contributed by atoms with E-state index in [0.717, 1.165) is 35.1 Å². The first-order valence-electron chi connectivity index (χ1n) is 12.3. The molecule has 0 spiro atoms. The Kier molecular flexibility index (Phi) is 5.48. The largest absolute Gasteiger partial charge is 0.478 e. The molecule has 0 fully saturated rings. The van der Waals surface area contributed by atoms with E-state index in [9.17, 15) is 19.5 Å². The number of hydrogen-bond donors (Lipinski definition) is 3. The fraction of sp³-hybridized carbons (Fsp3) is 0.250. The normalized spacial score (nSPS) is 17.9. The molecule has 6 rings (SSSR count). The number of aromatic nitrogens is 3. The standard InChI is InChI=1S/C28H25N5O4/c1-15-17-9-11-22(20(17)8-7-18(15)28(36)37)32-27(35)24-14-23(30-25-12-13-29-33(24)25)26(34)31-21-10-6-16-4-2-3-5-19(16)21/h2-5,7-8,12-14,21-22H,6,9-11H2,1H3,(H,31,34)(H,32,35)(H,36,37)/t21-,22+/m1/s1. The van der Waals surface area contributed by atoms with Crippen LogP contribution < -0.4 is 10.6 Å². The summed E-state index contributed by atoms with van der Waals surface area (Å²) in [5, 5.41) is 19.8. The number of hydrogen-bond acceptors (Lipinski definition) is 5. The van der Waals surface area contributed by atoms with Gasteiger partial charge in [-0.3, -0.25) is 9.59 Å². The Hall–Kier alpha value is -4.53. The SMILES string of the molecule is Cc1c(C(=O)O)ccc2c1CC[C@@H]2NC(=O)c1cc(C(=O)N[C@@H]2CCc3ccccc32)nc2ccnn12. The second kappa shape index (κ2) is 8.85. The first kappa shape index (κ1) is 22.9. The molecule has 2 heterocycles. The molecule has 2 aromatic heterocycles. The Labute approximate surface area is 212 Å². The minimum atomic E-state index is -0.961. The number of amides is 2. The molecule has 2 atom stereocenters. The van der Waals surface area contributed by atoms with Crippen molar-refractivity contribution in [2.45, 2.75) is 44.7 Å². The predicted molar refractivity (Wildman–Crippen MR) is 135 cm³/mol. The summed E-state index contributed by atoms with van der Waals surface area (Å²) in [4.78, 5) is 42.6. The second-order valence-corrected chi connectivity index (χ2v) is 9.57. The average Bonchev–Trinajstić information content (AvgIpc) is 3.63. The van der Waals surface area contributed by atoms with E-state index in [-0.39, 0.29) is 40.8 Å². The summed E-state index contributed by atoms with van der Waals surface area (Å²) in [5.41, 5.74) is 5.98. The number of carbonyl (C=O) groups is 3. The third-order valence-electron chi connectivity index (χ3n) is 7.49. The number of nitrogens with zero attached hydrogens (tertiary/aromatic N) is 3. The highest BCUT2D eigenvalue weighted by molar-refractivity contribution is 5.98. The molecule has 0 unspecified atom stereocenters. The summed E-state index contributed by atoms with van der Waals surface area (Å²) in [6.45, 7) is 1.80. The number of aryl methyl sites for hydroxylation is 1. The molecule has 3 N–H and O–H groups in total. The zero-order chi connectivity index (χ0) is 25.7. The fourth-order valence-electron chi connectivity index (χ4n) is 5.62. The molecule has 0 saturated carbocycles. The number of benzene rings is 2. The van der Waals surface area contributed by atoms with Crippen molar-refractivity contribution in [1.82, 2.24) is 25.2 Å². The lowest BCUT2D eigenvalue weighted by Gasteiger charge is -2.17. The van der Waals surface area contributed by atoms with Gasteiger partial charge in [-0.05, 0) is 66.5 Å². The zero-order valence-corrected chi connectivity index (χ0v) is 20.2. The van der Waals surface area contributed by atoms with Crippen molar-refractivity contribution >= 4 is 23.4 Å². The highest BCUT2D eigenvalue weighted by Crippen LogP contribution is 2.35. The van der Waals surface area contributed by atoms with Crippen LogP contribution in [0.5, 0.6) is 0 Å². The van der Waals surface area contributed by atoms with E-state index in [1.165, 1.54) is 22.3 Å². The van der Waals surface area contributed by atoms with Gasteiger partial charge in [0.05, 0.1) is 23.8 Å². The van der Waals surface area contributed by atoms with Crippen molar-refractivity contribution in [3.05, 3.63) is 99.5 Å². The number of fused-ring (bicyclic) bond motifs is 3. The van der Waals surface area contributed by atoms with E-state index in [2.05, 4.69) is 26.8 Å². The third kappa shape index (κ3) is 3.92.